The van der Waals surface area contributed by atoms with Crippen molar-refractivity contribution in [3.05, 3.63) is 34.2 Å². The molecule has 1 aromatic heterocycles. The Labute approximate surface area is 132 Å². The van der Waals surface area contributed by atoms with E-state index in [0.717, 1.165) is 17.5 Å². The molecule has 3 rings (SSSR count). The highest BCUT2D eigenvalue weighted by molar-refractivity contribution is 5.81. The molecular weight excluding hydrogens is 294 g/mol. The highest BCUT2D eigenvalue weighted by Crippen LogP contribution is 2.35. The summed E-state index contributed by atoms with van der Waals surface area (Å²) in [6, 6.07) is 5.41. The molecule has 1 aromatic carbocycles. The van der Waals surface area contributed by atoms with Gasteiger partial charge in [-0.05, 0) is 17.7 Å². The lowest BCUT2D eigenvalue weighted by molar-refractivity contribution is -0.120. The molecule has 1 amide bonds. The molecule has 0 fully saturated rings. The Balaban J connectivity index is 1.49. The number of hydrogen-bond donors (Lipinski definition) is 3. The molecule has 118 valence electrons. The number of benzene rings is 1. The third kappa shape index (κ3) is 3.66. The smallest absolute Gasteiger partial charge is 0.323 e. The second kappa shape index (κ2) is 6.08. The number of H-pyrrole nitrogens is 2. The fourth-order valence-corrected chi connectivity index (χ4v) is 2.51. The lowest BCUT2D eigenvalue weighted by Gasteiger charge is -2.10. The number of aromatic nitrogens is 2. The number of hydrogen-bond acceptors (Lipinski definition) is 4. The third-order valence-corrected chi connectivity index (χ3v) is 3.85. The quantitative estimate of drug-likeness (QED) is 0.674. The number of carbonyl (C=O) groups excluding carboxylic acids is 1. The van der Waals surface area contributed by atoms with E-state index >= 15 is 0 Å². The zero-order chi connectivity index (χ0) is 16.3. The molecule has 1 aliphatic rings. The number of amides is 1. The fourth-order valence-electron chi connectivity index (χ4n) is 2.51. The van der Waals surface area contributed by atoms with Crippen LogP contribution in [-0.2, 0) is 11.2 Å². The van der Waals surface area contributed by atoms with Crippen LogP contribution in [0.1, 0.15) is 24.8 Å². The first kappa shape index (κ1) is 15.0. The molecule has 0 radical (unpaired) electrons. The molecule has 23 heavy (non-hydrogen) atoms. The van der Waals surface area contributed by atoms with E-state index < -0.39 is 0 Å². The Morgan fingerprint density at radius 1 is 1.26 bits per heavy atom. The van der Waals surface area contributed by atoms with Gasteiger partial charge in [0.25, 0.3) is 0 Å². The van der Waals surface area contributed by atoms with Gasteiger partial charge in [0.2, 0.25) is 5.91 Å². The second-order valence-electron chi connectivity index (χ2n) is 5.62. The van der Waals surface area contributed by atoms with Gasteiger partial charge in [0.05, 0.1) is 17.5 Å². The number of nitrogens with one attached hydrogen (secondary N) is 3. The molecule has 7 heteroatoms. The van der Waals surface area contributed by atoms with Gasteiger partial charge in [-0.1, -0.05) is 6.07 Å². The maximum atomic E-state index is 12.0. The van der Waals surface area contributed by atoms with Crippen LogP contribution in [0.25, 0.3) is 11.0 Å². The minimum atomic E-state index is -0.372. The van der Waals surface area contributed by atoms with Crippen LogP contribution in [-0.4, -0.2) is 28.1 Å². The molecule has 0 saturated heterocycles. The van der Waals surface area contributed by atoms with Gasteiger partial charge in [-0.3, -0.25) is 4.79 Å². The summed E-state index contributed by atoms with van der Waals surface area (Å²) in [6.07, 6.45) is 7.54. The van der Waals surface area contributed by atoms with Crippen molar-refractivity contribution in [1.82, 2.24) is 15.3 Å². The van der Waals surface area contributed by atoms with E-state index in [2.05, 4.69) is 31.4 Å². The first-order valence-electron chi connectivity index (χ1n) is 7.45. The standard InChI is InChI=1S/C16H17N5O2/c1-2-3-6-16(20-21-16)7-8-17-14(22)10-11-4-5-12-13(9-11)19-15(23)18-12/h1,4-5,9H,3,6-8,10H2,(H,17,22)(H2,18,19,23). The normalized spacial score (nSPS) is 14.6. The van der Waals surface area contributed by atoms with Crippen molar-refractivity contribution in [2.45, 2.75) is 31.3 Å². The second-order valence-corrected chi connectivity index (χ2v) is 5.62. The number of rotatable bonds is 7. The first-order chi connectivity index (χ1) is 11.1. The number of nitrogens with zero attached hydrogens (tertiary/aromatic N) is 2. The van der Waals surface area contributed by atoms with Crippen molar-refractivity contribution in [1.29, 1.82) is 0 Å². The number of imidazole rings is 1. The topological polar surface area (TPSA) is 102 Å². The average Bonchev–Trinajstić information content (AvgIpc) is 3.18. The van der Waals surface area contributed by atoms with Crippen molar-refractivity contribution < 1.29 is 4.79 Å². The molecular formula is C16H17N5O2. The van der Waals surface area contributed by atoms with Gasteiger partial charge in [0.1, 0.15) is 0 Å². The summed E-state index contributed by atoms with van der Waals surface area (Å²) in [5.74, 6) is 2.50. The summed E-state index contributed by atoms with van der Waals surface area (Å²) in [5, 5.41) is 10.9. The molecule has 7 nitrogen and oxygen atoms in total. The predicted molar refractivity (Wildman–Crippen MR) is 85.9 cm³/mol. The van der Waals surface area contributed by atoms with Gasteiger partial charge in [-0.15, -0.1) is 12.3 Å². The van der Waals surface area contributed by atoms with Gasteiger partial charge in [0, 0.05) is 25.8 Å². The van der Waals surface area contributed by atoms with E-state index in [1.807, 2.05) is 6.07 Å². The molecule has 0 atom stereocenters. The monoisotopic (exact) mass is 311 g/mol. The molecule has 2 aromatic rings. The Bertz CT molecular complexity index is 849. The van der Waals surface area contributed by atoms with Crippen LogP contribution in [0.3, 0.4) is 0 Å². The summed E-state index contributed by atoms with van der Waals surface area (Å²) in [5.41, 5.74) is 1.64. The number of carbonyl (C=O) groups is 1. The Morgan fingerprint density at radius 2 is 2.04 bits per heavy atom. The van der Waals surface area contributed by atoms with E-state index in [4.69, 9.17) is 6.42 Å². The molecule has 0 spiro atoms. The molecule has 2 heterocycles. The summed E-state index contributed by atoms with van der Waals surface area (Å²) in [6.45, 7) is 0.514. The van der Waals surface area contributed by atoms with E-state index in [1.165, 1.54) is 0 Å². The van der Waals surface area contributed by atoms with Gasteiger partial charge < -0.3 is 15.3 Å². The number of terminal acetylenes is 1. The minimum absolute atomic E-state index is 0.0741. The van der Waals surface area contributed by atoms with Crippen molar-refractivity contribution >= 4 is 16.9 Å². The van der Waals surface area contributed by atoms with E-state index in [0.29, 0.717) is 24.9 Å². The molecule has 0 bridgehead atoms. The van der Waals surface area contributed by atoms with Crippen molar-refractivity contribution in [2.75, 3.05) is 6.54 Å². The van der Waals surface area contributed by atoms with Crippen LogP contribution in [0.2, 0.25) is 0 Å². The SMILES string of the molecule is C#CCCC1(CCNC(=O)Cc2ccc3[nH]c(=O)[nH]c3c2)N=N1. The summed E-state index contributed by atoms with van der Waals surface area (Å²) >= 11 is 0. The van der Waals surface area contributed by atoms with E-state index in [9.17, 15) is 9.59 Å². The highest BCUT2D eigenvalue weighted by atomic mass is 16.1. The van der Waals surface area contributed by atoms with Gasteiger partial charge in [-0.2, -0.15) is 10.2 Å². The number of fused-ring (bicyclic) bond motifs is 1. The van der Waals surface area contributed by atoms with E-state index in [-0.39, 0.29) is 23.7 Å². The minimum Gasteiger partial charge on any atom is -0.356 e. The summed E-state index contributed by atoms with van der Waals surface area (Å²) < 4.78 is 0. The molecule has 1 aliphatic heterocycles. The summed E-state index contributed by atoms with van der Waals surface area (Å²) in [4.78, 5) is 28.6. The zero-order valence-corrected chi connectivity index (χ0v) is 12.6. The maximum Gasteiger partial charge on any atom is 0.323 e. The Morgan fingerprint density at radius 3 is 2.78 bits per heavy atom. The molecule has 0 unspecified atom stereocenters. The van der Waals surface area contributed by atoms with Crippen molar-refractivity contribution in [3.8, 4) is 12.3 Å². The molecule has 0 saturated carbocycles. The average molecular weight is 311 g/mol. The van der Waals surface area contributed by atoms with Crippen LogP contribution in [0.5, 0.6) is 0 Å². The first-order valence-corrected chi connectivity index (χ1v) is 7.45. The van der Waals surface area contributed by atoms with Crippen LogP contribution < -0.4 is 11.0 Å². The molecule has 3 N–H and O–H groups in total. The van der Waals surface area contributed by atoms with Gasteiger partial charge in [0.15, 0.2) is 5.66 Å². The predicted octanol–water partition coefficient (Wildman–Crippen LogP) is 1.48. The lowest BCUT2D eigenvalue weighted by atomic mass is 10.0. The van der Waals surface area contributed by atoms with E-state index in [1.54, 1.807) is 12.1 Å². The summed E-state index contributed by atoms with van der Waals surface area (Å²) in [7, 11) is 0. The van der Waals surface area contributed by atoms with Gasteiger partial charge >= 0.3 is 5.69 Å². The maximum absolute atomic E-state index is 12.0. The van der Waals surface area contributed by atoms with Crippen molar-refractivity contribution in [2.24, 2.45) is 10.2 Å². The fraction of sp³-hybridized carbons (Fsp3) is 0.375. The van der Waals surface area contributed by atoms with Crippen LogP contribution in [0.15, 0.2) is 33.2 Å². The zero-order valence-electron chi connectivity index (χ0n) is 12.6. The number of aromatic amines is 2. The van der Waals surface area contributed by atoms with Gasteiger partial charge in [-0.25, -0.2) is 4.79 Å². The lowest BCUT2D eigenvalue weighted by Crippen LogP contribution is -2.29. The largest absolute Gasteiger partial charge is 0.356 e. The molecule has 0 aliphatic carbocycles. The van der Waals surface area contributed by atoms with Crippen LogP contribution >= 0.6 is 0 Å². The van der Waals surface area contributed by atoms with Crippen molar-refractivity contribution in [3.63, 3.8) is 0 Å². The highest BCUT2D eigenvalue weighted by Gasteiger charge is 2.38. The van der Waals surface area contributed by atoms with Crippen LogP contribution in [0, 0.1) is 12.3 Å². The Hall–Kier alpha value is -2.88. The Kier molecular flexibility index (Phi) is 3.98. The van der Waals surface area contributed by atoms with Crippen LogP contribution in [0.4, 0.5) is 0 Å². The third-order valence-electron chi connectivity index (χ3n) is 3.85.